The van der Waals surface area contributed by atoms with Crippen molar-refractivity contribution in [1.29, 1.82) is 0 Å². The normalized spacial score (nSPS) is 9.08. The summed E-state index contributed by atoms with van der Waals surface area (Å²) in [6.45, 7) is 1.98. The Hall–Kier alpha value is 0.0800. The van der Waals surface area contributed by atoms with Crippen molar-refractivity contribution in [2.45, 2.75) is 26.2 Å². The number of aliphatic carboxylic acids is 1. The quantitative estimate of drug-likeness (QED) is 0.533. The van der Waals surface area contributed by atoms with Crippen LogP contribution in [0.4, 0.5) is 0 Å². The van der Waals surface area contributed by atoms with E-state index in [1.807, 2.05) is 6.92 Å². The second kappa shape index (κ2) is 11.1. The molecule has 0 unspecified atom stereocenters. The largest absolute Gasteiger partial charge is 0.506 e. The lowest BCUT2D eigenvalue weighted by Gasteiger charge is -1.85. The number of unbranched alkanes of at least 4 members (excludes halogenated alkanes) is 1. The van der Waals surface area contributed by atoms with Gasteiger partial charge in [-0.3, -0.25) is 4.79 Å². The van der Waals surface area contributed by atoms with Gasteiger partial charge in [-0.05, 0) is 9.49 Å². The number of rotatable bonds is 4. The molecule has 0 aliphatic rings. The molecule has 5 nitrogen and oxygen atoms in total. The Morgan fingerprint density at radius 1 is 1.58 bits per heavy atom. The van der Waals surface area contributed by atoms with Crippen molar-refractivity contribution in [1.82, 2.24) is 0 Å². The molecule has 0 aromatic heterocycles. The van der Waals surface area contributed by atoms with E-state index in [9.17, 15) is 11.7 Å². The van der Waals surface area contributed by atoms with Crippen LogP contribution in [0.15, 0.2) is 0 Å². The maximum atomic E-state index is 9.76. The Bertz CT molecular complexity index is 106. The number of hydrogen-bond donors (Lipinski definition) is 1. The molecule has 0 amide bonds. The van der Waals surface area contributed by atoms with E-state index in [4.69, 9.17) is 5.11 Å². The van der Waals surface area contributed by atoms with Gasteiger partial charge >= 0.3 is 27.0 Å². The third-order valence-corrected chi connectivity index (χ3v) is 1.59. The molecule has 74 valence electrons. The monoisotopic (exact) mass is 292 g/mol. The summed E-state index contributed by atoms with van der Waals surface area (Å²) in [7, 11) is 1.14. The molecule has 0 saturated heterocycles. The van der Waals surface area contributed by atoms with Gasteiger partial charge in [0.2, 0.25) is 0 Å². The van der Waals surface area contributed by atoms with Crippen LogP contribution in [0.25, 0.3) is 0 Å². The Balaban J connectivity index is 0. The molecule has 0 bridgehead atoms. The number of hydrogen-bond acceptors (Lipinski definition) is 4. The van der Waals surface area contributed by atoms with Crippen LogP contribution >= 0.6 is 0 Å². The highest BCUT2D eigenvalue weighted by molar-refractivity contribution is 5.66. The summed E-state index contributed by atoms with van der Waals surface area (Å²) in [5.41, 5.74) is 0. The average Bonchev–Trinajstić information content (AvgIpc) is 2.02. The molecule has 12 heavy (non-hydrogen) atoms. The van der Waals surface area contributed by atoms with Crippen LogP contribution in [-0.2, 0) is 7.86 Å². The number of carboxylic acid groups (broad SMARTS) is 1. The second-order valence-electron chi connectivity index (χ2n) is 1.84. The van der Waals surface area contributed by atoms with Crippen molar-refractivity contribution in [3.05, 3.63) is 0 Å². The Morgan fingerprint density at radius 2 is 2.00 bits per heavy atom. The van der Waals surface area contributed by atoms with Gasteiger partial charge in [-0.25, -0.2) is 0 Å². The third-order valence-electron chi connectivity index (χ3n) is 0.870. The highest BCUT2D eigenvalue weighted by Crippen LogP contribution is 1.91. The van der Waals surface area contributed by atoms with Crippen LogP contribution < -0.4 is 27.9 Å². The lowest BCUT2D eigenvalue weighted by atomic mass is 10.3. The standard InChI is InChI=1S/C5H10O2.CH3IO3/c1-2-3-4-5(6)7;1-5-2(3)4/h2-4H2,1H3,(H,6,7);1H3. The minimum absolute atomic E-state index is 0.316. The fourth-order valence-corrected chi connectivity index (χ4v) is 0.328. The van der Waals surface area contributed by atoms with Gasteiger partial charge in [-0.2, -0.15) is 0 Å². The summed E-state index contributed by atoms with van der Waals surface area (Å²) < 4.78 is 22.3. The van der Waals surface area contributed by atoms with Crippen LogP contribution in [0.5, 0.6) is 0 Å². The van der Waals surface area contributed by atoms with Gasteiger partial charge in [0.25, 0.3) is 0 Å². The molecule has 0 atom stereocenters. The summed E-state index contributed by atoms with van der Waals surface area (Å²) in [5, 5.41) is 8.04. The zero-order valence-corrected chi connectivity index (χ0v) is 9.24. The number of carbonyl (C=O) groups is 1. The van der Waals surface area contributed by atoms with Crippen molar-refractivity contribution in [3.8, 4) is 0 Å². The van der Waals surface area contributed by atoms with Gasteiger partial charge in [0.05, 0.1) is 0 Å². The Kier molecular flexibility index (Phi) is 13.5. The maximum Gasteiger partial charge on any atom is 0.506 e. The second-order valence-corrected chi connectivity index (χ2v) is 3.80. The highest BCUT2D eigenvalue weighted by atomic mass is 127. The molecule has 0 aliphatic carbocycles. The first-order valence-corrected chi connectivity index (χ1v) is 6.00. The molecular weight excluding hydrogens is 279 g/mol. The van der Waals surface area contributed by atoms with Crippen LogP contribution in [0.1, 0.15) is 26.2 Å². The molecule has 0 fully saturated rings. The van der Waals surface area contributed by atoms with E-state index in [0.29, 0.717) is 6.42 Å². The molecule has 0 aliphatic heterocycles. The summed E-state index contributed by atoms with van der Waals surface area (Å²) >= 11 is -3.28. The summed E-state index contributed by atoms with van der Waals surface area (Å²) in [4.78, 5) is 9.76. The molecule has 0 spiro atoms. The molecule has 0 aromatic rings. The molecule has 0 radical (unpaired) electrons. The van der Waals surface area contributed by atoms with E-state index < -0.39 is 27.0 Å². The Morgan fingerprint density at radius 3 is 2.08 bits per heavy atom. The first-order valence-electron chi connectivity index (χ1n) is 3.36. The molecule has 0 aromatic carbocycles. The van der Waals surface area contributed by atoms with E-state index in [1.165, 1.54) is 0 Å². The first kappa shape index (κ1) is 14.6. The minimum Gasteiger partial charge on any atom is -0.481 e. The zero-order chi connectivity index (χ0) is 9.98. The topological polar surface area (TPSA) is 92.7 Å². The van der Waals surface area contributed by atoms with Crippen molar-refractivity contribution in [3.63, 3.8) is 0 Å². The minimum atomic E-state index is -3.28. The van der Waals surface area contributed by atoms with Crippen molar-refractivity contribution < 1.29 is 40.9 Å². The van der Waals surface area contributed by atoms with E-state index in [1.54, 1.807) is 0 Å². The van der Waals surface area contributed by atoms with Crippen LogP contribution in [-0.4, -0.2) is 18.2 Å². The first-order chi connectivity index (χ1) is 5.54. The zero-order valence-electron chi connectivity index (χ0n) is 7.08. The van der Waals surface area contributed by atoms with Gasteiger partial charge < -0.3 is 12.0 Å². The van der Waals surface area contributed by atoms with Crippen LogP contribution in [0.3, 0.4) is 0 Å². The van der Waals surface area contributed by atoms with E-state index in [-0.39, 0.29) is 0 Å². The third kappa shape index (κ3) is 22.5. The van der Waals surface area contributed by atoms with Gasteiger partial charge in [0.1, 0.15) is 7.11 Å². The summed E-state index contributed by atoms with van der Waals surface area (Å²) in [5.74, 6) is -0.693. The lowest BCUT2D eigenvalue weighted by Crippen LogP contribution is -3.98. The predicted octanol–water partition coefficient (Wildman–Crippen LogP) is -4.02. The summed E-state index contributed by atoms with van der Waals surface area (Å²) in [6.07, 6.45) is 2.08. The molecular formula is C6H13IO5. The molecule has 0 saturated carbocycles. The number of halogens is 1. The van der Waals surface area contributed by atoms with Crippen LogP contribution in [0.2, 0.25) is 0 Å². The lowest BCUT2D eigenvalue weighted by molar-refractivity contribution is -1.63. The SMILES string of the molecule is CCCCC(=O)O.CO[I+2]([O-])[O-]. The van der Waals surface area contributed by atoms with Crippen molar-refractivity contribution in [2.24, 2.45) is 0 Å². The molecule has 1 N–H and O–H groups in total. The van der Waals surface area contributed by atoms with Gasteiger partial charge in [0.15, 0.2) is 0 Å². The van der Waals surface area contributed by atoms with E-state index in [0.717, 1.165) is 20.0 Å². The van der Waals surface area contributed by atoms with Gasteiger partial charge in [-0.1, -0.05) is 13.3 Å². The van der Waals surface area contributed by atoms with Crippen molar-refractivity contribution in [2.75, 3.05) is 7.11 Å². The highest BCUT2D eigenvalue weighted by Gasteiger charge is 2.01. The van der Waals surface area contributed by atoms with E-state index in [2.05, 4.69) is 3.07 Å². The summed E-state index contributed by atoms with van der Waals surface area (Å²) in [6, 6.07) is 0. The Labute approximate surface area is 80.4 Å². The molecule has 6 heteroatoms. The smallest absolute Gasteiger partial charge is 0.481 e. The fraction of sp³-hybridized carbons (Fsp3) is 0.833. The number of carboxylic acids is 1. The van der Waals surface area contributed by atoms with E-state index >= 15 is 0 Å². The predicted molar refractivity (Wildman–Crippen MR) is 34.2 cm³/mol. The van der Waals surface area contributed by atoms with Crippen LogP contribution in [0, 0.1) is 0 Å². The maximum absolute atomic E-state index is 9.76. The fourth-order valence-electron chi connectivity index (χ4n) is 0.328. The van der Waals surface area contributed by atoms with Crippen molar-refractivity contribution >= 4 is 5.97 Å². The molecule has 0 rings (SSSR count). The molecule has 0 heterocycles. The van der Waals surface area contributed by atoms with Gasteiger partial charge in [0, 0.05) is 6.42 Å². The van der Waals surface area contributed by atoms with Gasteiger partial charge in [-0.15, -0.1) is 0 Å². The average molecular weight is 292 g/mol.